The lowest BCUT2D eigenvalue weighted by Crippen LogP contribution is -2.40. The van der Waals surface area contributed by atoms with Crippen molar-refractivity contribution in [2.24, 2.45) is 5.73 Å². The van der Waals surface area contributed by atoms with Crippen molar-refractivity contribution in [1.82, 2.24) is 5.32 Å². The number of amides is 1. The Morgan fingerprint density at radius 1 is 1.64 bits per heavy atom. The molecule has 0 spiro atoms. The number of aliphatic hydroxyl groups is 1. The number of ether oxygens (including phenoxy) is 2. The molecule has 1 rings (SSSR count). The van der Waals surface area contributed by atoms with Crippen molar-refractivity contribution < 1.29 is 19.4 Å². The third-order valence-electron chi connectivity index (χ3n) is 1.95. The van der Waals surface area contributed by atoms with E-state index in [1.165, 1.54) is 0 Å². The minimum Gasteiger partial charge on any atom is -0.389 e. The Balaban J connectivity index is 1.95. The quantitative estimate of drug-likeness (QED) is 0.428. The minimum absolute atomic E-state index is 0.0350. The summed E-state index contributed by atoms with van der Waals surface area (Å²) in [6.07, 6.45) is -0.453. The highest BCUT2D eigenvalue weighted by atomic mass is 16.5. The standard InChI is InChI=1S/C8H16N2O4/c9-8(12)5-13-2-1-10-6-3-14-4-7(6)11/h6-7,10-11H,1-5H2,(H2,9,12). The Labute approximate surface area is 82.4 Å². The topological polar surface area (TPSA) is 93.8 Å². The Hall–Kier alpha value is -0.690. The first-order valence-corrected chi connectivity index (χ1v) is 4.55. The molecule has 0 saturated carbocycles. The number of nitrogens with one attached hydrogen (secondary N) is 1. The maximum Gasteiger partial charge on any atom is 0.243 e. The van der Waals surface area contributed by atoms with E-state index in [-0.39, 0.29) is 12.6 Å². The lowest BCUT2D eigenvalue weighted by molar-refractivity contribution is -0.122. The lowest BCUT2D eigenvalue weighted by Gasteiger charge is -2.13. The van der Waals surface area contributed by atoms with E-state index in [1.807, 2.05) is 0 Å². The van der Waals surface area contributed by atoms with Crippen LogP contribution in [0.5, 0.6) is 0 Å². The molecule has 1 fully saturated rings. The fourth-order valence-electron chi connectivity index (χ4n) is 1.23. The van der Waals surface area contributed by atoms with Crippen LogP contribution in [0.25, 0.3) is 0 Å². The van der Waals surface area contributed by atoms with Gasteiger partial charge < -0.3 is 25.6 Å². The second-order valence-electron chi connectivity index (χ2n) is 3.18. The SMILES string of the molecule is NC(=O)COCCNC1COCC1O. The number of hydrogen-bond acceptors (Lipinski definition) is 5. The lowest BCUT2D eigenvalue weighted by atomic mass is 10.2. The van der Waals surface area contributed by atoms with Crippen LogP contribution in [-0.4, -0.2) is 56.1 Å². The van der Waals surface area contributed by atoms with Gasteiger partial charge in [0.1, 0.15) is 6.61 Å². The molecular formula is C8H16N2O4. The van der Waals surface area contributed by atoms with E-state index in [0.717, 1.165) is 0 Å². The van der Waals surface area contributed by atoms with Crippen LogP contribution in [0.4, 0.5) is 0 Å². The first kappa shape index (κ1) is 11.4. The van der Waals surface area contributed by atoms with Crippen LogP contribution >= 0.6 is 0 Å². The van der Waals surface area contributed by atoms with Crippen LogP contribution in [0, 0.1) is 0 Å². The predicted molar refractivity (Wildman–Crippen MR) is 48.6 cm³/mol. The molecule has 0 bridgehead atoms. The molecule has 1 saturated heterocycles. The van der Waals surface area contributed by atoms with Crippen molar-refractivity contribution in [3.8, 4) is 0 Å². The smallest absolute Gasteiger partial charge is 0.243 e. The number of aliphatic hydroxyl groups excluding tert-OH is 1. The molecule has 1 aliphatic rings. The molecule has 14 heavy (non-hydrogen) atoms. The zero-order chi connectivity index (χ0) is 10.4. The number of carbonyl (C=O) groups is 1. The Morgan fingerprint density at radius 2 is 2.43 bits per heavy atom. The molecule has 1 aliphatic heterocycles. The van der Waals surface area contributed by atoms with E-state index in [2.05, 4.69) is 5.32 Å². The number of carbonyl (C=O) groups excluding carboxylic acids is 1. The van der Waals surface area contributed by atoms with E-state index in [0.29, 0.717) is 26.4 Å². The van der Waals surface area contributed by atoms with E-state index < -0.39 is 12.0 Å². The summed E-state index contributed by atoms with van der Waals surface area (Å²) >= 11 is 0. The summed E-state index contributed by atoms with van der Waals surface area (Å²) in [7, 11) is 0. The fraction of sp³-hybridized carbons (Fsp3) is 0.875. The summed E-state index contributed by atoms with van der Waals surface area (Å²) in [5.74, 6) is -0.478. The highest BCUT2D eigenvalue weighted by Gasteiger charge is 2.24. The average Bonchev–Trinajstić information content (AvgIpc) is 2.51. The van der Waals surface area contributed by atoms with E-state index in [4.69, 9.17) is 15.2 Å². The van der Waals surface area contributed by atoms with Gasteiger partial charge in [-0.2, -0.15) is 0 Å². The van der Waals surface area contributed by atoms with Crippen molar-refractivity contribution in [3.05, 3.63) is 0 Å². The molecule has 2 unspecified atom stereocenters. The summed E-state index contributed by atoms with van der Waals surface area (Å²) in [5.41, 5.74) is 4.87. The maximum absolute atomic E-state index is 10.3. The van der Waals surface area contributed by atoms with Gasteiger partial charge in [-0.3, -0.25) is 4.79 Å². The number of rotatable bonds is 6. The molecule has 1 amide bonds. The third kappa shape index (κ3) is 4.01. The Bertz CT molecular complexity index is 188. The van der Waals surface area contributed by atoms with Gasteiger partial charge in [0.2, 0.25) is 5.91 Å². The first-order valence-electron chi connectivity index (χ1n) is 4.55. The van der Waals surface area contributed by atoms with Gasteiger partial charge in [-0.25, -0.2) is 0 Å². The van der Waals surface area contributed by atoms with Crippen molar-refractivity contribution in [2.45, 2.75) is 12.1 Å². The van der Waals surface area contributed by atoms with Crippen molar-refractivity contribution in [3.63, 3.8) is 0 Å². The van der Waals surface area contributed by atoms with Gasteiger partial charge >= 0.3 is 0 Å². The molecule has 0 aromatic heterocycles. The van der Waals surface area contributed by atoms with Gasteiger partial charge in [0.05, 0.1) is 32.0 Å². The summed E-state index contributed by atoms with van der Waals surface area (Å²) in [4.78, 5) is 10.3. The molecule has 6 nitrogen and oxygen atoms in total. The highest BCUT2D eigenvalue weighted by Crippen LogP contribution is 2.03. The second-order valence-corrected chi connectivity index (χ2v) is 3.18. The van der Waals surface area contributed by atoms with Crippen molar-refractivity contribution in [2.75, 3.05) is 33.0 Å². The molecule has 0 aromatic carbocycles. The van der Waals surface area contributed by atoms with Gasteiger partial charge in [0, 0.05) is 6.54 Å². The number of primary amides is 1. The third-order valence-corrected chi connectivity index (χ3v) is 1.95. The normalized spacial score (nSPS) is 26.6. The molecule has 4 N–H and O–H groups in total. The average molecular weight is 204 g/mol. The molecule has 0 radical (unpaired) electrons. The van der Waals surface area contributed by atoms with Crippen LogP contribution in [0.3, 0.4) is 0 Å². The summed E-state index contributed by atoms with van der Waals surface area (Å²) < 4.78 is 9.97. The van der Waals surface area contributed by atoms with E-state index in [9.17, 15) is 9.90 Å². The van der Waals surface area contributed by atoms with E-state index >= 15 is 0 Å². The second kappa shape index (κ2) is 5.92. The predicted octanol–water partition coefficient (Wildman–Crippen LogP) is -2.16. The van der Waals surface area contributed by atoms with Gasteiger partial charge in [0.15, 0.2) is 0 Å². The first-order chi connectivity index (χ1) is 6.70. The van der Waals surface area contributed by atoms with Gasteiger partial charge in [0.25, 0.3) is 0 Å². The van der Waals surface area contributed by atoms with Crippen molar-refractivity contribution in [1.29, 1.82) is 0 Å². The maximum atomic E-state index is 10.3. The fourth-order valence-corrected chi connectivity index (χ4v) is 1.23. The monoisotopic (exact) mass is 204 g/mol. The van der Waals surface area contributed by atoms with Crippen LogP contribution in [0.2, 0.25) is 0 Å². The molecule has 82 valence electrons. The number of hydrogen-bond donors (Lipinski definition) is 3. The van der Waals surface area contributed by atoms with Crippen LogP contribution < -0.4 is 11.1 Å². The summed E-state index contributed by atoms with van der Waals surface area (Å²) in [5, 5.41) is 12.4. The molecule has 0 aliphatic carbocycles. The molecule has 6 heteroatoms. The van der Waals surface area contributed by atoms with Crippen molar-refractivity contribution >= 4 is 5.91 Å². The highest BCUT2D eigenvalue weighted by molar-refractivity contribution is 5.74. The summed E-state index contributed by atoms with van der Waals surface area (Å²) in [6.45, 7) is 1.78. The summed E-state index contributed by atoms with van der Waals surface area (Å²) in [6, 6.07) is -0.0350. The Morgan fingerprint density at radius 3 is 3.00 bits per heavy atom. The Kier molecular flexibility index (Phi) is 4.81. The zero-order valence-corrected chi connectivity index (χ0v) is 7.94. The minimum atomic E-state index is -0.478. The number of nitrogens with two attached hydrogens (primary N) is 1. The van der Waals surface area contributed by atoms with Gasteiger partial charge in [-0.05, 0) is 0 Å². The molecule has 1 heterocycles. The van der Waals surface area contributed by atoms with Crippen LogP contribution in [0.15, 0.2) is 0 Å². The van der Waals surface area contributed by atoms with Gasteiger partial charge in [-0.1, -0.05) is 0 Å². The van der Waals surface area contributed by atoms with Crippen LogP contribution in [-0.2, 0) is 14.3 Å². The molecule has 0 aromatic rings. The molecule has 2 atom stereocenters. The van der Waals surface area contributed by atoms with Crippen LogP contribution in [0.1, 0.15) is 0 Å². The largest absolute Gasteiger partial charge is 0.389 e. The van der Waals surface area contributed by atoms with Gasteiger partial charge in [-0.15, -0.1) is 0 Å². The molecular weight excluding hydrogens is 188 g/mol. The van der Waals surface area contributed by atoms with E-state index in [1.54, 1.807) is 0 Å². The zero-order valence-electron chi connectivity index (χ0n) is 7.94.